The third-order valence-corrected chi connectivity index (χ3v) is 3.60. The van der Waals surface area contributed by atoms with Crippen LogP contribution in [-0.2, 0) is 11.3 Å². The van der Waals surface area contributed by atoms with E-state index in [9.17, 15) is 9.59 Å². The molecule has 2 aromatic rings. The number of hydrogen-bond donors (Lipinski definition) is 3. The number of nitrogens with zero attached hydrogens (tertiary/aromatic N) is 1. The molecule has 0 unspecified atom stereocenters. The minimum absolute atomic E-state index is 0.171. The van der Waals surface area contributed by atoms with E-state index in [0.717, 1.165) is 32.0 Å². The van der Waals surface area contributed by atoms with E-state index in [2.05, 4.69) is 20.4 Å². The molecule has 1 fully saturated rings. The van der Waals surface area contributed by atoms with Crippen LogP contribution in [0.5, 0.6) is 0 Å². The number of carbonyl (C=O) groups is 1. The number of hydrogen-bond acceptors (Lipinski definition) is 4. The first-order valence-corrected chi connectivity index (χ1v) is 7.20. The number of ether oxygens (including phenoxy) is 1. The maximum absolute atomic E-state index is 12.1. The van der Waals surface area contributed by atoms with Crippen molar-refractivity contribution in [2.45, 2.75) is 6.54 Å². The third kappa shape index (κ3) is 3.37. The summed E-state index contributed by atoms with van der Waals surface area (Å²) in [5.41, 5.74) is 2.12. The van der Waals surface area contributed by atoms with Gasteiger partial charge < -0.3 is 20.1 Å². The summed E-state index contributed by atoms with van der Waals surface area (Å²) in [6, 6.07) is 8.92. The van der Waals surface area contributed by atoms with Gasteiger partial charge in [-0.3, -0.25) is 14.7 Å². The van der Waals surface area contributed by atoms with Crippen LogP contribution >= 0.6 is 0 Å². The van der Waals surface area contributed by atoms with E-state index >= 15 is 0 Å². The number of rotatable bonds is 4. The summed E-state index contributed by atoms with van der Waals surface area (Å²) < 4.78 is 5.33. The van der Waals surface area contributed by atoms with E-state index in [1.165, 1.54) is 6.07 Å². The van der Waals surface area contributed by atoms with Crippen LogP contribution in [0.3, 0.4) is 0 Å². The van der Waals surface area contributed by atoms with Gasteiger partial charge in [-0.2, -0.15) is 0 Å². The molecule has 7 heteroatoms. The number of benzene rings is 1. The molecule has 3 rings (SSSR count). The average Bonchev–Trinajstić information content (AvgIpc) is 2.99. The number of nitrogens with one attached hydrogen (secondary N) is 3. The van der Waals surface area contributed by atoms with Crippen LogP contribution in [0.25, 0.3) is 0 Å². The number of amides is 1. The van der Waals surface area contributed by atoms with Crippen LogP contribution in [0.4, 0.5) is 5.69 Å². The van der Waals surface area contributed by atoms with Gasteiger partial charge in [-0.15, -0.1) is 0 Å². The summed E-state index contributed by atoms with van der Waals surface area (Å²) in [5, 5.41) is 7.89. The molecule has 2 heterocycles. The molecule has 0 spiro atoms. The summed E-state index contributed by atoms with van der Waals surface area (Å²) in [7, 11) is 0. The van der Waals surface area contributed by atoms with Crippen molar-refractivity contribution < 1.29 is 9.53 Å². The Morgan fingerprint density at radius 2 is 1.91 bits per heavy atom. The quantitative estimate of drug-likeness (QED) is 0.766. The first-order chi connectivity index (χ1) is 10.7. The van der Waals surface area contributed by atoms with Crippen molar-refractivity contribution in [3.05, 3.63) is 51.9 Å². The van der Waals surface area contributed by atoms with Crippen LogP contribution < -0.4 is 15.8 Å². The van der Waals surface area contributed by atoms with E-state index in [1.54, 1.807) is 12.1 Å². The highest BCUT2D eigenvalue weighted by Crippen LogP contribution is 2.16. The van der Waals surface area contributed by atoms with Crippen LogP contribution in [0.15, 0.2) is 35.1 Å². The molecule has 0 radical (unpaired) electrons. The second-order valence-electron chi connectivity index (χ2n) is 5.11. The number of morpholine rings is 1. The lowest BCUT2D eigenvalue weighted by Gasteiger charge is -2.28. The molecule has 0 aliphatic carbocycles. The summed E-state index contributed by atoms with van der Waals surface area (Å²) >= 11 is 0. The molecule has 1 saturated heterocycles. The molecule has 22 heavy (non-hydrogen) atoms. The van der Waals surface area contributed by atoms with Gasteiger partial charge in [0.2, 0.25) is 0 Å². The Labute approximate surface area is 127 Å². The minimum atomic E-state index is -0.209. The van der Waals surface area contributed by atoms with Gasteiger partial charge in [0, 0.05) is 30.4 Å². The third-order valence-electron chi connectivity index (χ3n) is 3.60. The van der Waals surface area contributed by atoms with Crippen molar-refractivity contribution in [3.63, 3.8) is 0 Å². The standard InChI is InChI=1S/C15H18N4O3/c20-14-9-12(17-18-14)10-16-15(21)11-1-3-13(4-2-11)19-5-7-22-8-6-19/h1-4,9H,5-8,10H2,(H,16,21)(H2,17,18,20). The first kappa shape index (κ1) is 14.4. The SMILES string of the molecule is O=C(NCc1cc(=O)[nH][nH]1)c1ccc(N2CCOCC2)cc1. The van der Waals surface area contributed by atoms with E-state index in [4.69, 9.17) is 4.74 Å². The van der Waals surface area contributed by atoms with Gasteiger partial charge in [0.05, 0.1) is 25.5 Å². The molecule has 0 bridgehead atoms. The number of anilines is 1. The van der Waals surface area contributed by atoms with Gasteiger partial charge in [-0.05, 0) is 24.3 Å². The second kappa shape index (κ2) is 6.48. The predicted molar refractivity (Wildman–Crippen MR) is 82.1 cm³/mol. The summed E-state index contributed by atoms with van der Waals surface area (Å²) in [6.45, 7) is 3.48. The Bertz CT molecular complexity index is 683. The molecular formula is C15H18N4O3. The highest BCUT2D eigenvalue weighted by molar-refractivity contribution is 5.94. The summed E-state index contributed by atoms with van der Waals surface area (Å²) in [6.07, 6.45) is 0. The van der Waals surface area contributed by atoms with E-state index in [0.29, 0.717) is 11.3 Å². The normalized spacial score (nSPS) is 14.8. The minimum Gasteiger partial charge on any atom is -0.378 e. The number of H-pyrrole nitrogens is 2. The second-order valence-corrected chi connectivity index (χ2v) is 5.11. The van der Waals surface area contributed by atoms with Crippen LogP contribution in [0.1, 0.15) is 16.1 Å². The van der Waals surface area contributed by atoms with Gasteiger partial charge in [0.15, 0.2) is 0 Å². The molecule has 1 amide bonds. The highest BCUT2D eigenvalue weighted by atomic mass is 16.5. The predicted octanol–water partition coefficient (Wildman–Crippen LogP) is 0.470. The van der Waals surface area contributed by atoms with Crippen molar-refractivity contribution in [1.29, 1.82) is 0 Å². The van der Waals surface area contributed by atoms with Gasteiger partial charge in [-0.1, -0.05) is 0 Å². The Kier molecular flexibility index (Phi) is 4.24. The topological polar surface area (TPSA) is 90.2 Å². The molecule has 3 N–H and O–H groups in total. The lowest BCUT2D eigenvalue weighted by molar-refractivity contribution is 0.0950. The molecule has 0 atom stereocenters. The zero-order valence-electron chi connectivity index (χ0n) is 12.1. The highest BCUT2D eigenvalue weighted by Gasteiger charge is 2.12. The Morgan fingerprint density at radius 1 is 1.18 bits per heavy atom. The summed E-state index contributed by atoms with van der Waals surface area (Å²) in [4.78, 5) is 25.3. The molecule has 1 aliphatic rings. The fraction of sp³-hybridized carbons (Fsp3) is 0.333. The lowest BCUT2D eigenvalue weighted by atomic mass is 10.1. The van der Waals surface area contributed by atoms with Gasteiger partial charge in [0.25, 0.3) is 11.5 Å². The Balaban J connectivity index is 1.59. The zero-order chi connectivity index (χ0) is 15.4. The van der Waals surface area contributed by atoms with Crippen LogP contribution in [0, 0.1) is 0 Å². The number of carbonyl (C=O) groups excluding carboxylic acids is 1. The Morgan fingerprint density at radius 3 is 2.55 bits per heavy atom. The molecular weight excluding hydrogens is 284 g/mol. The average molecular weight is 302 g/mol. The Hall–Kier alpha value is -2.54. The van der Waals surface area contributed by atoms with Crippen molar-refractivity contribution in [1.82, 2.24) is 15.5 Å². The first-order valence-electron chi connectivity index (χ1n) is 7.20. The largest absolute Gasteiger partial charge is 0.378 e. The van der Waals surface area contributed by atoms with Crippen LogP contribution in [0.2, 0.25) is 0 Å². The van der Waals surface area contributed by atoms with E-state index in [1.807, 2.05) is 12.1 Å². The van der Waals surface area contributed by atoms with Gasteiger partial charge in [0.1, 0.15) is 0 Å². The fourth-order valence-electron chi connectivity index (χ4n) is 2.39. The maximum Gasteiger partial charge on any atom is 0.264 e. The number of aromatic amines is 2. The number of aromatic nitrogens is 2. The zero-order valence-corrected chi connectivity index (χ0v) is 12.1. The fourth-order valence-corrected chi connectivity index (χ4v) is 2.39. The van der Waals surface area contributed by atoms with Crippen molar-refractivity contribution in [2.75, 3.05) is 31.2 Å². The molecule has 116 valence electrons. The lowest BCUT2D eigenvalue weighted by Crippen LogP contribution is -2.36. The molecule has 1 aliphatic heterocycles. The molecule has 1 aromatic heterocycles. The van der Waals surface area contributed by atoms with Crippen LogP contribution in [-0.4, -0.2) is 42.4 Å². The van der Waals surface area contributed by atoms with E-state index in [-0.39, 0.29) is 18.0 Å². The summed E-state index contributed by atoms with van der Waals surface area (Å²) in [5.74, 6) is -0.171. The van der Waals surface area contributed by atoms with E-state index < -0.39 is 0 Å². The monoisotopic (exact) mass is 302 g/mol. The molecule has 0 saturated carbocycles. The van der Waals surface area contributed by atoms with Crippen molar-refractivity contribution in [3.8, 4) is 0 Å². The van der Waals surface area contributed by atoms with Crippen molar-refractivity contribution in [2.24, 2.45) is 0 Å². The molecule has 1 aromatic carbocycles. The smallest absolute Gasteiger partial charge is 0.264 e. The maximum atomic E-state index is 12.1. The van der Waals surface area contributed by atoms with Gasteiger partial charge in [-0.25, -0.2) is 0 Å². The van der Waals surface area contributed by atoms with Gasteiger partial charge >= 0.3 is 0 Å². The van der Waals surface area contributed by atoms with Crippen molar-refractivity contribution >= 4 is 11.6 Å². The molecule has 7 nitrogen and oxygen atoms in total.